The number of carboxylic acids is 1. The van der Waals surface area contributed by atoms with Crippen molar-refractivity contribution < 1.29 is 14.7 Å². The lowest BCUT2D eigenvalue weighted by Crippen LogP contribution is -2.25. The van der Waals surface area contributed by atoms with Crippen molar-refractivity contribution in [2.45, 2.75) is 39.0 Å². The molecule has 106 valence electrons. The molecule has 1 aromatic heterocycles. The Morgan fingerprint density at radius 1 is 1.37 bits per heavy atom. The van der Waals surface area contributed by atoms with E-state index in [0.29, 0.717) is 18.5 Å². The van der Waals surface area contributed by atoms with Crippen molar-refractivity contribution in [3.05, 3.63) is 17.5 Å². The van der Waals surface area contributed by atoms with Crippen LogP contribution in [0.3, 0.4) is 0 Å². The highest BCUT2D eigenvalue weighted by Gasteiger charge is 2.13. The molecule has 0 saturated heterocycles. The van der Waals surface area contributed by atoms with Crippen LogP contribution < -0.4 is 5.32 Å². The van der Waals surface area contributed by atoms with E-state index < -0.39 is 5.97 Å². The third-order valence-corrected chi connectivity index (χ3v) is 2.84. The van der Waals surface area contributed by atoms with Crippen LogP contribution in [0.25, 0.3) is 0 Å². The zero-order chi connectivity index (χ0) is 14.3. The molecule has 0 atom stereocenters. The molecule has 1 rings (SSSR count). The quantitative estimate of drug-likeness (QED) is 0.696. The van der Waals surface area contributed by atoms with Gasteiger partial charge in [0.05, 0.1) is 11.3 Å². The van der Waals surface area contributed by atoms with Gasteiger partial charge in [0.25, 0.3) is 5.91 Å². The molecule has 19 heavy (non-hydrogen) atoms. The van der Waals surface area contributed by atoms with Gasteiger partial charge >= 0.3 is 5.97 Å². The van der Waals surface area contributed by atoms with Gasteiger partial charge in [-0.2, -0.15) is 5.10 Å². The predicted molar refractivity (Wildman–Crippen MR) is 71.0 cm³/mol. The van der Waals surface area contributed by atoms with Gasteiger partial charge in [-0.05, 0) is 19.3 Å². The zero-order valence-electron chi connectivity index (χ0n) is 11.5. The largest absolute Gasteiger partial charge is 0.481 e. The topological polar surface area (TPSA) is 84.2 Å². The lowest BCUT2D eigenvalue weighted by molar-refractivity contribution is -0.137. The fourth-order valence-electron chi connectivity index (χ4n) is 1.86. The molecule has 0 fully saturated rings. The molecule has 0 aliphatic carbocycles. The Morgan fingerprint density at radius 3 is 2.74 bits per heavy atom. The SMILES string of the molecule is CCc1nn(C)cc1C(=O)NCCCCCC(=O)O. The minimum atomic E-state index is -0.771. The number of carbonyl (C=O) groups is 2. The summed E-state index contributed by atoms with van der Waals surface area (Å²) in [5, 5.41) is 15.5. The monoisotopic (exact) mass is 267 g/mol. The Kier molecular flexibility index (Phi) is 6.05. The van der Waals surface area contributed by atoms with Gasteiger partial charge in [0.15, 0.2) is 0 Å². The summed E-state index contributed by atoms with van der Waals surface area (Å²) in [4.78, 5) is 22.2. The molecule has 0 radical (unpaired) electrons. The minimum Gasteiger partial charge on any atom is -0.481 e. The maximum atomic E-state index is 11.9. The first-order valence-electron chi connectivity index (χ1n) is 6.57. The van der Waals surface area contributed by atoms with Crippen LogP contribution in [0, 0.1) is 0 Å². The van der Waals surface area contributed by atoms with Crippen LogP contribution in [0.15, 0.2) is 6.20 Å². The summed E-state index contributed by atoms with van der Waals surface area (Å²) in [6, 6.07) is 0. The summed E-state index contributed by atoms with van der Waals surface area (Å²) in [6.45, 7) is 2.53. The number of unbranched alkanes of at least 4 members (excludes halogenated alkanes) is 2. The van der Waals surface area contributed by atoms with Gasteiger partial charge in [-0.3, -0.25) is 14.3 Å². The number of carbonyl (C=O) groups excluding carboxylic acids is 1. The average Bonchev–Trinajstić information content (AvgIpc) is 2.74. The van der Waals surface area contributed by atoms with Gasteiger partial charge in [-0.25, -0.2) is 0 Å². The molecule has 2 N–H and O–H groups in total. The summed E-state index contributed by atoms with van der Waals surface area (Å²) >= 11 is 0. The maximum Gasteiger partial charge on any atom is 0.303 e. The number of hydrogen-bond acceptors (Lipinski definition) is 3. The Morgan fingerprint density at radius 2 is 2.11 bits per heavy atom. The summed E-state index contributed by atoms with van der Waals surface area (Å²) in [6.07, 6.45) is 4.89. The fraction of sp³-hybridized carbons (Fsp3) is 0.615. The smallest absolute Gasteiger partial charge is 0.303 e. The van der Waals surface area contributed by atoms with Crippen molar-refractivity contribution in [3.8, 4) is 0 Å². The van der Waals surface area contributed by atoms with E-state index in [1.165, 1.54) is 0 Å². The molecule has 0 aromatic carbocycles. The van der Waals surface area contributed by atoms with Crippen molar-refractivity contribution in [2.24, 2.45) is 7.05 Å². The van der Waals surface area contributed by atoms with E-state index in [1.807, 2.05) is 6.92 Å². The molecule has 6 nitrogen and oxygen atoms in total. The normalized spacial score (nSPS) is 10.4. The van der Waals surface area contributed by atoms with Crippen LogP contribution in [0.1, 0.15) is 48.7 Å². The molecule has 0 unspecified atom stereocenters. The highest BCUT2D eigenvalue weighted by atomic mass is 16.4. The van der Waals surface area contributed by atoms with E-state index in [4.69, 9.17) is 5.11 Å². The van der Waals surface area contributed by atoms with E-state index in [2.05, 4.69) is 10.4 Å². The van der Waals surface area contributed by atoms with Crippen molar-refractivity contribution in [2.75, 3.05) is 6.54 Å². The van der Waals surface area contributed by atoms with Crippen LogP contribution in [0.2, 0.25) is 0 Å². The van der Waals surface area contributed by atoms with Crippen LogP contribution in [0.4, 0.5) is 0 Å². The second kappa shape index (κ2) is 7.56. The first-order chi connectivity index (χ1) is 9.04. The zero-order valence-corrected chi connectivity index (χ0v) is 11.5. The second-order valence-electron chi connectivity index (χ2n) is 4.48. The van der Waals surface area contributed by atoms with Crippen molar-refractivity contribution in [1.82, 2.24) is 15.1 Å². The van der Waals surface area contributed by atoms with Gasteiger partial charge in [0, 0.05) is 26.2 Å². The molecule has 0 bridgehead atoms. The summed E-state index contributed by atoms with van der Waals surface area (Å²) in [7, 11) is 1.79. The van der Waals surface area contributed by atoms with Crippen LogP contribution in [-0.2, 0) is 18.3 Å². The predicted octanol–water partition coefficient (Wildman–Crippen LogP) is 1.36. The Hall–Kier alpha value is -1.85. The third kappa shape index (κ3) is 5.11. The summed E-state index contributed by atoms with van der Waals surface area (Å²) in [5.41, 5.74) is 1.42. The maximum absolute atomic E-state index is 11.9. The van der Waals surface area contributed by atoms with Crippen LogP contribution in [-0.4, -0.2) is 33.3 Å². The van der Waals surface area contributed by atoms with E-state index in [-0.39, 0.29) is 12.3 Å². The van der Waals surface area contributed by atoms with Gasteiger partial charge in [-0.15, -0.1) is 0 Å². The Bertz CT molecular complexity index is 440. The lowest BCUT2D eigenvalue weighted by Gasteiger charge is -2.04. The molecule has 0 aliphatic heterocycles. The number of carboxylic acid groups (broad SMARTS) is 1. The standard InChI is InChI=1S/C13H21N3O3/c1-3-11-10(9-16(2)15-11)13(19)14-8-6-4-5-7-12(17)18/h9H,3-8H2,1-2H3,(H,14,19)(H,17,18). The summed E-state index contributed by atoms with van der Waals surface area (Å²) in [5.74, 6) is -0.879. The molecular formula is C13H21N3O3. The average molecular weight is 267 g/mol. The van der Waals surface area contributed by atoms with Crippen molar-refractivity contribution in [1.29, 1.82) is 0 Å². The van der Waals surface area contributed by atoms with E-state index in [1.54, 1.807) is 17.9 Å². The van der Waals surface area contributed by atoms with E-state index >= 15 is 0 Å². The lowest BCUT2D eigenvalue weighted by atomic mass is 10.2. The molecule has 0 spiro atoms. The summed E-state index contributed by atoms with van der Waals surface area (Å²) < 4.78 is 1.64. The van der Waals surface area contributed by atoms with Gasteiger partial charge in [0.2, 0.25) is 0 Å². The molecule has 0 aliphatic rings. The number of nitrogens with one attached hydrogen (secondary N) is 1. The Balaban J connectivity index is 2.29. The fourth-order valence-corrected chi connectivity index (χ4v) is 1.86. The number of rotatable bonds is 8. The van der Waals surface area contributed by atoms with E-state index in [0.717, 1.165) is 25.0 Å². The van der Waals surface area contributed by atoms with E-state index in [9.17, 15) is 9.59 Å². The van der Waals surface area contributed by atoms with Crippen LogP contribution in [0.5, 0.6) is 0 Å². The van der Waals surface area contributed by atoms with Gasteiger partial charge in [-0.1, -0.05) is 13.3 Å². The number of amides is 1. The van der Waals surface area contributed by atoms with Gasteiger partial charge < -0.3 is 10.4 Å². The first kappa shape index (κ1) is 15.2. The number of aromatic nitrogens is 2. The number of nitrogens with zero attached hydrogens (tertiary/aromatic N) is 2. The second-order valence-corrected chi connectivity index (χ2v) is 4.48. The highest BCUT2D eigenvalue weighted by molar-refractivity contribution is 5.95. The molecule has 6 heteroatoms. The number of hydrogen-bond donors (Lipinski definition) is 2. The van der Waals surface area contributed by atoms with Crippen LogP contribution >= 0.6 is 0 Å². The molecule has 1 amide bonds. The van der Waals surface area contributed by atoms with Gasteiger partial charge in [0.1, 0.15) is 0 Å². The highest BCUT2D eigenvalue weighted by Crippen LogP contribution is 2.07. The number of aryl methyl sites for hydroxylation is 2. The molecule has 1 aromatic rings. The van der Waals surface area contributed by atoms with Crippen molar-refractivity contribution >= 4 is 11.9 Å². The first-order valence-corrected chi connectivity index (χ1v) is 6.57. The number of aliphatic carboxylic acids is 1. The Labute approximate surface area is 112 Å². The third-order valence-electron chi connectivity index (χ3n) is 2.84. The molecule has 0 saturated carbocycles. The van der Waals surface area contributed by atoms with Crippen molar-refractivity contribution in [3.63, 3.8) is 0 Å². The minimum absolute atomic E-state index is 0.108. The molecule has 1 heterocycles. The molecular weight excluding hydrogens is 246 g/mol.